The second-order valence-corrected chi connectivity index (χ2v) is 5.87. The van der Waals surface area contributed by atoms with Gasteiger partial charge in [-0.3, -0.25) is 9.48 Å². The number of rotatable bonds is 5. The third-order valence-electron chi connectivity index (χ3n) is 4.38. The van der Waals surface area contributed by atoms with Crippen LogP contribution < -0.4 is 10.6 Å². The third kappa shape index (κ3) is 3.94. The molecule has 24 heavy (non-hydrogen) atoms. The minimum absolute atomic E-state index is 0. The molecule has 0 radical (unpaired) electrons. The summed E-state index contributed by atoms with van der Waals surface area (Å²) in [6.07, 6.45) is 5.57. The number of nitrogens with zero attached hydrogens (tertiary/aromatic N) is 2. The maximum Gasteiger partial charge on any atom is 0.248 e. The highest BCUT2D eigenvalue weighted by Gasteiger charge is 2.41. The highest BCUT2D eigenvalue weighted by Crippen LogP contribution is 2.27. The molecule has 130 valence electrons. The van der Waals surface area contributed by atoms with Crippen molar-refractivity contribution in [3.05, 3.63) is 54.1 Å². The first-order valence-electron chi connectivity index (χ1n) is 7.94. The Morgan fingerprint density at radius 1 is 1.33 bits per heavy atom. The fraction of sp³-hybridized carbons (Fsp3) is 0.412. The molecular weight excluding hydrogens is 331 g/mol. The van der Waals surface area contributed by atoms with Gasteiger partial charge in [-0.15, -0.1) is 12.4 Å². The Balaban J connectivity index is 0.00000208. The standard InChI is InChI=1S/C17H21FN4O.ClH/c18-15-4-1-3-14(13-15)5-9-20-16(23)17(6-10-19-11-7-17)22-12-2-8-21-22;/h1-4,8,12-13,19H,5-7,9-11H2,(H,20,23);1H. The predicted molar refractivity (Wildman–Crippen MR) is 92.7 cm³/mol. The van der Waals surface area contributed by atoms with E-state index in [0.29, 0.717) is 25.8 Å². The van der Waals surface area contributed by atoms with Crippen molar-refractivity contribution in [2.45, 2.75) is 24.8 Å². The molecule has 0 atom stereocenters. The number of carbonyl (C=O) groups excluding carboxylic acids is 1. The number of nitrogens with one attached hydrogen (secondary N) is 2. The normalized spacial score (nSPS) is 16.2. The fourth-order valence-corrected chi connectivity index (χ4v) is 3.10. The second-order valence-electron chi connectivity index (χ2n) is 5.87. The van der Waals surface area contributed by atoms with Crippen molar-refractivity contribution in [2.24, 2.45) is 0 Å². The molecule has 1 saturated heterocycles. The van der Waals surface area contributed by atoms with E-state index in [1.54, 1.807) is 16.9 Å². The Kier molecular flexibility index (Phi) is 6.34. The molecule has 1 amide bonds. The summed E-state index contributed by atoms with van der Waals surface area (Å²) in [6, 6.07) is 8.31. The molecule has 1 aromatic carbocycles. The van der Waals surface area contributed by atoms with E-state index in [2.05, 4.69) is 15.7 Å². The van der Waals surface area contributed by atoms with Gasteiger partial charge in [-0.25, -0.2) is 4.39 Å². The van der Waals surface area contributed by atoms with Crippen molar-refractivity contribution in [3.8, 4) is 0 Å². The molecule has 2 aromatic rings. The first kappa shape index (κ1) is 18.4. The van der Waals surface area contributed by atoms with Crippen LogP contribution in [0.25, 0.3) is 0 Å². The Bertz CT molecular complexity index is 656. The summed E-state index contributed by atoms with van der Waals surface area (Å²) in [5.41, 5.74) is 0.250. The first-order valence-corrected chi connectivity index (χ1v) is 7.94. The topological polar surface area (TPSA) is 59.0 Å². The quantitative estimate of drug-likeness (QED) is 0.863. The van der Waals surface area contributed by atoms with Crippen molar-refractivity contribution in [2.75, 3.05) is 19.6 Å². The molecule has 1 aliphatic rings. The first-order chi connectivity index (χ1) is 11.2. The molecule has 3 rings (SSSR count). The van der Waals surface area contributed by atoms with Gasteiger partial charge in [-0.1, -0.05) is 12.1 Å². The van der Waals surface area contributed by atoms with Gasteiger partial charge in [0.2, 0.25) is 5.91 Å². The number of aromatic nitrogens is 2. The molecule has 0 spiro atoms. The minimum Gasteiger partial charge on any atom is -0.354 e. The zero-order chi connectivity index (χ0) is 16.1. The van der Waals surface area contributed by atoms with Crippen LogP contribution >= 0.6 is 12.4 Å². The van der Waals surface area contributed by atoms with Crippen molar-refractivity contribution >= 4 is 18.3 Å². The van der Waals surface area contributed by atoms with Crippen LogP contribution in [-0.2, 0) is 16.8 Å². The number of piperidine rings is 1. The van der Waals surface area contributed by atoms with Crippen molar-refractivity contribution in [1.29, 1.82) is 0 Å². The number of carbonyl (C=O) groups is 1. The highest BCUT2D eigenvalue weighted by molar-refractivity contribution is 5.85. The van der Waals surface area contributed by atoms with Crippen molar-refractivity contribution < 1.29 is 9.18 Å². The van der Waals surface area contributed by atoms with Gasteiger partial charge >= 0.3 is 0 Å². The second kappa shape index (κ2) is 8.26. The SMILES string of the molecule is Cl.O=C(NCCc1cccc(F)c1)C1(n2cccn2)CCNCC1. The van der Waals surface area contributed by atoms with Crippen LogP contribution in [0.15, 0.2) is 42.7 Å². The Labute approximate surface area is 147 Å². The van der Waals surface area contributed by atoms with E-state index in [9.17, 15) is 9.18 Å². The van der Waals surface area contributed by atoms with Crippen LogP contribution in [0.4, 0.5) is 4.39 Å². The number of amides is 1. The number of hydrogen-bond acceptors (Lipinski definition) is 3. The largest absolute Gasteiger partial charge is 0.354 e. The zero-order valence-electron chi connectivity index (χ0n) is 13.4. The van der Waals surface area contributed by atoms with Crippen LogP contribution in [0.1, 0.15) is 18.4 Å². The summed E-state index contributed by atoms with van der Waals surface area (Å²) in [6.45, 7) is 2.06. The summed E-state index contributed by atoms with van der Waals surface area (Å²) >= 11 is 0. The number of hydrogen-bond donors (Lipinski definition) is 2. The minimum atomic E-state index is -0.628. The summed E-state index contributed by atoms with van der Waals surface area (Å²) < 4.78 is 15.0. The van der Waals surface area contributed by atoms with E-state index >= 15 is 0 Å². The highest BCUT2D eigenvalue weighted by atomic mass is 35.5. The van der Waals surface area contributed by atoms with E-state index in [-0.39, 0.29) is 24.1 Å². The Morgan fingerprint density at radius 3 is 2.79 bits per heavy atom. The third-order valence-corrected chi connectivity index (χ3v) is 4.38. The lowest BCUT2D eigenvalue weighted by molar-refractivity contribution is -0.131. The van der Waals surface area contributed by atoms with Gasteiger partial charge < -0.3 is 10.6 Å². The molecule has 2 heterocycles. The monoisotopic (exact) mass is 352 g/mol. The van der Waals surface area contributed by atoms with Crippen LogP contribution in [-0.4, -0.2) is 35.3 Å². The average Bonchev–Trinajstić information content (AvgIpc) is 3.10. The Morgan fingerprint density at radius 2 is 2.12 bits per heavy atom. The predicted octanol–water partition coefficient (Wildman–Crippen LogP) is 1.88. The molecule has 1 aliphatic heterocycles. The van der Waals surface area contributed by atoms with E-state index in [0.717, 1.165) is 18.7 Å². The summed E-state index contributed by atoms with van der Waals surface area (Å²) in [5, 5.41) is 10.6. The maximum atomic E-state index is 13.2. The maximum absolute atomic E-state index is 13.2. The lowest BCUT2D eigenvalue weighted by atomic mass is 9.87. The van der Waals surface area contributed by atoms with Crippen molar-refractivity contribution in [1.82, 2.24) is 20.4 Å². The lowest BCUT2D eigenvalue weighted by Gasteiger charge is -2.36. The van der Waals surface area contributed by atoms with Gasteiger partial charge in [-0.2, -0.15) is 5.10 Å². The summed E-state index contributed by atoms with van der Waals surface area (Å²) in [7, 11) is 0. The summed E-state index contributed by atoms with van der Waals surface area (Å²) in [4.78, 5) is 12.8. The van der Waals surface area contributed by atoms with Gasteiger partial charge in [0, 0.05) is 18.9 Å². The molecule has 5 nitrogen and oxygen atoms in total. The molecule has 2 N–H and O–H groups in total. The van der Waals surface area contributed by atoms with Crippen LogP contribution in [0, 0.1) is 5.82 Å². The van der Waals surface area contributed by atoms with Gasteiger partial charge in [0.1, 0.15) is 11.4 Å². The van der Waals surface area contributed by atoms with E-state index in [1.807, 2.05) is 18.3 Å². The van der Waals surface area contributed by atoms with E-state index in [1.165, 1.54) is 12.1 Å². The van der Waals surface area contributed by atoms with E-state index in [4.69, 9.17) is 0 Å². The molecular formula is C17H22ClFN4O. The fourth-order valence-electron chi connectivity index (χ4n) is 3.10. The van der Waals surface area contributed by atoms with Gasteiger partial charge in [-0.05, 0) is 56.1 Å². The molecule has 0 bridgehead atoms. The van der Waals surface area contributed by atoms with Crippen LogP contribution in [0.5, 0.6) is 0 Å². The van der Waals surface area contributed by atoms with Crippen LogP contribution in [0.2, 0.25) is 0 Å². The average molecular weight is 353 g/mol. The molecule has 0 saturated carbocycles. The smallest absolute Gasteiger partial charge is 0.248 e. The van der Waals surface area contributed by atoms with Gasteiger partial charge in [0.15, 0.2) is 0 Å². The molecule has 0 unspecified atom stereocenters. The Hall–Kier alpha value is -1.92. The molecule has 0 aliphatic carbocycles. The van der Waals surface area contributed by atoms with Gasteiger partial charge in [0.05, 0.1) is 0 Å². The van der Waals surface area contributed by atoms with E-state index < -0.39 is 5.54 Å². The number of halogens is 2. The molecule has 1 aromatic heterocycles. The molecule has 1 fully saturated rings. The molecule has 7 heteroatoms. The van der Waals surface area contributed by atoms with Crippen molar-refractivity contribution in [3.63, 3.8) is 0 Å². The summed E-state index contributed by atoms with van der Waals surface area (Å²) in [5.74, 6) is -0.265. The lowest BCUT2D eigenvalue weighted by Crippen LogP contribution is -2.54. The van der Waals surface area contributed by atoms with Gasteiger partial charge in [0.25, 0.3) is 0 Å². The number of benzene rings is 1. The van der Waals surface area contributed by atoms with Crippen LogP contribution in [0.3, 0.4) is 0 Å². The zero-order valence-corrected chi connectivity index (χ0v) is 14.2.